The maximum absolute atomic E-state index is 12.1. The predicted molar refractivity (Wildman–Crippen MR) is 103 cm³/mol. The summed E-state index contributed by atoms with van der Waals surface area (Å²) in [5.41, 5.74) is 8.02. The number of amides is 2. The van der Waals surface area contributed by atoms with Crippen LogP contribution in [0.3, 0.4) is 0 Å². The predicted octanol–water partition coefficient (Wildman–Crippen LogP) is 2.14. The molecule has 0 bridgehead atoms. The highest BCUT2D eigenvalue weighted by Gasteiger charge is 2.13. The summed E-state index contributed by atoms with van der Waals surface area (Å²) in [4.78, 5) is 32.4. The van der Waals surface area contributed by atoms with Crippen molar-refractivity contribution in [3.63, 3.8) is 0 Å². The summed E-state index contributed by atoms with van der Waals surface area (Å²) in [6, 6.07) is 19.0. The summed E-state index contributed by atoms with van der Waals surface area (Å²) in [6.07, 6.45) is 2.14. The molecule has 1 heterocycles. The second-order valence-corrected chi connectivity index (χ2v) is 6.05. The van der Waals surface area contributed by atoms with Gasteiger partial charge >= 0.3 is 0 Å². The highest BCUT2D eigenvalue weighted by molar-refractivity contribution is 5.93. The molecule has 3 N–H and O–H groups in total. The average molecular weight is 360 g/mol. The molecular formula is C21H20N4O2. The van der Waals surface area contributed by atoms with Crippen LogP contribution in [0.5, 0.6) is 0 Å². The van der Waals surface area contributed by atoms with E-state index in [0.29, 0.717) is 30.9 Å². The van der Waals surface area contributed by atoms with Crippen molar-refractivity contribution < 1.29 is 9.59 Å². The molecule has 1 aromatic heterocycles. The summed E-state index contributed by atoms with van der Waals surface area (Å²) in [6.45, 7) is 0.358. The minimum Gasteiger partial charge on any atom is -0.365 e. The highest BCUT2D eigenvalue weighted by Crippen LogP contribution is 2.16. The van der Waals surface area contributed by atoms with E-state index < -0.39 is 5.91 Å². The summed E-state index contributed by atoms with van der Waals surface area (Å²) >= 11 is 0. The van der Waals surface area contributed by atoms with Crippen molar-refractivity contribution in [2.45, 2.75) is 12.8 Å². The molecule has 3 aromatic rings. The molecule has 3 rings (SSSR count). The maximum atomic E-state index is 12.1. The number of benzene rings is 2. The van der Waals surface area contributed by atoms with Gasteiger partial charge in [0.05, 0.1) is 17.7 Å². The van der Waals surface area contributed by atoms with Gasteiger partial charge in [-0.1, -0.05) is 60.7 Å². The number of nitrogens with two attached hydrogens (primary N) is 1. The number of nitrogens with one attached hydrogen (secondary N) is 1. The second-order valence-electron chi connectivity index (χ2n) is 6.05. The molecule has 0 atom stereocenters. The SMILES string of the molecule is NC(=O)c1cnc(-c2ccccc2)nc1CCNC(=O)Cc1ccccc1. The lowest BCUT2D eigenvalue weighted by Crippen LogP contribution is -2.28. The van der Waals surface area contributed by atoms with E-state index in [1.807, 2.05) is 60.7 Å². The van der Waals surface area contributed by atoms with Gasteiger partial charge in [-0.2, -0.15) is 0 Å². The highest BCUT2D eigenvalue weighted by atomic mass is 16.1. The van der Waals surface area contributed by atoms with E-state index in [1.165, 1.54) is 6.20 Å². The Morgan fingerprint density at radius 3 is 2.30 bits per heavy atom. The van der Waals surface area contributed by atoms with Gasteiger partial charge in [0.2, 0.25) is 5.91 Å². The van der Waals surface area contributed by atoms with Crippen molar-refractivity contribution in [3.05, 3.63) is 83.7 Å². The normalized spacial score (nSPS) is 10.4. The zero-order valence-corrected chi connectivity index (χ0v) is 14.8. The van der Waals surface area contributed by atoms with Crippen molar-refractivity contribution in [1.82, 2.24) is 15.3 Å². The van der Waals surface area contributed by atoms with Gasteiger partial charge in [-0.05, 0) is 5.56 Å². The van der Waals surface area contributed by atoms with Gasteiger partial charge in [0.25, 0.3) is 5.91 Å². The smallest absolute Gasteiger partial charge is 0.252 e. The lowest BCUT2D eigenvalue weighted by Gasteiger charge is -2.09. The third-order valence-corrected chi connectivity index (χ3v) is 4.06. The molecule has 0 aliphatic heterocycles. The Bertz CT molecular complexity index is 927. The second kappa shape index (κ2) is 8.71. The number of aromatic nitrogens is 2. The fourth-order valence-corrected chi connectivity index (χ4v) is 2.70. The first kappa shape index (κ1) is 18.3. The van der Waals surface area contributed by atoms with Crippen LogP contribution in [0, 0.1) is 0 Å². The van der Waals surface area contributed by atoms with Crippen molar-refractivity contribution in [3.8, 4) is 11.4 Å². The van der Waals surface area contributed by atoms with Crippen LogP contribution in [-0.2, 0) is 17.6 Å². The third kappa shape index (κ3) is 4.98. The van der Waals surface area contributed by atoms with Crippen LogP contribution in [-0.4, -0.2) is 28.3 Å². The van der Waals surface area contributed by atoms with Crippen molar-refractivity contribution in [1.29, 1.82) is 0 Å². The Morgan fingerprint density at radius 1 is 0.963 bits per heavy atom. The summed E-state index contributed by atoms with van der Waals surface area (Å²) in [5, 5.41) is 2.85. The zero-order chi connectivity index (χ0) is 19.1. The Balaban J connectivity index is 1.67. The first-order valence-electron chi connectivity index (χ1n) is 8.65. The van der Waals surface area contributed by atoms with E-state index in [-0.39, 0.29) is 11.5 Å². The van der Waals surface area contributed by atoms with Crippen molar-refractivity contribution in [2.24, 2.45) is 5.73 Å². The van der Waals surface area contributed by atoms with Crippen molar-refractivity contribution >= 4 is 11.8 Å². The lowest BCUT2D eigenvalue weighted by molar-refractivity contribution is -0.120. The first-order valence-corrected chi connectivity index (χ1v) is 8.65. The summed E-state index contributed by atoms with van der Waals surface area (Å²) in [7, 11) is 0. The number of hydrogen-bond acceptors (Lipinski definition) is 4. The standard InChI is InChI=1S/C21H20N4O2/c22-20(27)17-14-24-21(16-9-5-2-6-10-16)25-18(17)11-12-23-19(26)13-15-7-3-1-4-8-15/h1-10,14H,11-13H2,(H2,22,27)(H,23,26). The third-order valence-electron chi connectivity index (χ3n) is 4.06. The van der Waals surface area contributed by atoms with E-state index in [0.717, 1.165) is 11.1 Å². The Labute approximate surface area is 157 Å². The van der Waals surface area contributed by atoms with Crippen LogP contribution < -0.4 is 11.1 Å². The number of rotatable bonds is 7. The van der Waals surface area contributed by atoms with Crippen LogP contribution in [0.2, 0.25) is 0 Å². The summed E-state index contributed by atoms with van der Waals surface area (Å²) in [5.74, 6) is -0.148. The fraction of sp³-hybridized carbons (Fsp3) is 0.143. The molecule has 0 saturated heterocycles. The van der Waals surface area contributed by atoms with Gasteiger partial charge in [0, 0.05) is 24.7 Å². The molecule has 0 unspecified atom stereocenters. The molecule has 6 nitrogen and oxygen atoms in total. The largest absolute Gasteiger partial charge is 0.365 e. The van der Waals surface area contributed by atoms with Crippen LogP contribution in [0.15, 0.2) is 66.9 Å². The molecule has 0 radical (unpaired) electrons. The molecule has 0 saturated carbocycles. The molecule has 2 aromatic carbocycles. The molecule has 0 spiro atoms. The van der Waals surface area contributed by atoms with Gasteiger partial charge in [-0.15, -0.1) is 0 Å². The Kier molecular flexibility index (Phi) is 5.89. The minimum absolute atomic E-state index is 0.0841. The van der Waals surface area contributed by atoms with Crippen molar-refractivity contribution in [2.75, 3.05) is 6.54 Å². The van der Waals surface area contributed by atoms with E-state index in [1.54, 1.807) is 0 Å². The van der Waals surface area contributed by atoms with Crippen LogP contribution >= 0.6 is 0 Å². The Hall–Kier alpha value is -3.54. The zero-order valence-electron chi connectivity index (χ0n) is 14.8. The number of primary amides is 1. The number of carbonyl (C=O) groups is 2. The van der Waals surface area contributed by atoms with Gasteiger partial charge in [0.15, 0.2) is 5.82 Å². The van der Waals surface area contributed by atoms with E-state index in [4.69, 9.17) is 5.73 Å². The van der Waals surface area contributed by atoms with Crippen LogP contribution in [0.4, 0.5) is 0 Å². The van der Waals surface area contributed by atoms with E-state index in [9.17, 15) is 9.59 Å². The van der Waals surface area contributed by atoms with Crippen LogP contribution in [0.1, 0.15) is 21.6 Å². The Morgan fingerprint density at radius 2 is 1.63 bits per heavy atom. The lowest BCUT2D eigenvalue weighted by atomic mass is 10.1. The van der Waals surface area contributed by atoms with Gasteiger partial charge in [-0.3, -0.25) is 9.59 Å². The summed E-state index contributed by atoms with van der Waals surface area (Å²) < 4.78 is 0. The fourth-order valence-electron chi connectivity index (χ4n) is 2.70. The molecule has 0 aliphatic carbocycles. The molecule has 2 amide bonds. The monoisotopic (exact) mass is 360 g/mol. The van der Waals surface area contributed by atoms with E-state index >= 15 is 0 Å². The van der Waals surface area contributed by atoms with E-state index in [2.05, 4.69) is 15.3 Å². The molecule has 27 heavy (non-hydrogen) atoms. The maximum Gasteiger partial charge on any atom is 0.252 e. The van der Waals surface area contributed by atoms with Gasteiger partial charge in [0.1, 0.15) is 0 Å². The average Bonchev–Trinajstić information content (AvgIpc) is 2.69. The minimum atomic E-state index is -0.583. The molecule has 0 fully saturated rings. The molecule has 6 heteroatoms. The number of hydrogen-bond donors (Lipinski definition) is 2. The van der Waals surface area contributed by atoms with Gasteiger partial charge < -0.3 is 11.1 Å². The first-order chi connectivity index (χ1) is 13.1. The molecule has 0 aliphatic rings. The quantitative estimate of drug-likeness (QED) is 0.674. The van der Waals surface area contributed by atoms with Crippen LogP contribution in [0.25, 0.3) is 11.4 Å². The number of nitrogens with zero attached hydrogens (tertiary/aromatic N) is 2. The molecular weight excluding hydrogens is 340 g/mol. The van der Waals surface area contributed by atoms with Gasteiger partial charge in [-0.25, -0.2) is 9.97 Å². The number of carbonyl (C=O) groups excluding carboxylic acids is 2. The molecule has 136 valence electrons. The topological polar surface area (TPSA) is 98.0 Å².